The maximum Gasteiger partial charge on any atom is 0.314 e. The van der Waals surface area contributed by atoms with Gasteiger partial charge in [-0.1, -0.05) is 12.1 Å². The Morgan fingerprint density at radius 2 is 1.95 bits per heavy atom. The first kappa shape index (κ1) is 13.4. The Hall–Kier alpha value is -2.63. The minimum atomic E-state index is -0.783. The molecule has 1 heterocycles. The third-order valence-corrected chi connectivity index (χ3v) is 3.90. The van der Waals surface area contributed by atoms with Crippen molar-refractivity contribution in [3.8, 4) is 0 Å². The number of anilines is 1. The van der Waals surface area contributed by atoms with Crippen LogP contribution in [0.1, 0.15) is 28.9 Å². The number of nitrogens with zero attached hydrogens (tertiary/aromatic N) is 2. The Morgan fingerprint density at radius 1 is 1.29 bits per heavy atom. The number of rotatable bonds is 4. The third kappa shape index (κ3) is 2.29. The fourth-order valence-corrected chi connectivity index (χ4v) is 2.39. The molecule has 0 aliphatic heterocycles. The maximum atomic E-state index is 12.0. The van der Waals surface area contributed by atoms with Gasteiger partial charge < -0.3 is 15.0 Å². The lowest BCUT2D eigenvalue weighted by molar-refractivity contribution is -0.140. The van der Waals surface area contributed by atoms with Crippen molar-refractivity contribution in [3.63, 3.8) is 0 Å². The zero-order valence-electron chi connectivity index (χ0n) is 11.5. The quantitative estimate of drug-likeness (QED) is 0.897. The van der Waals surface area contributed by atoms with Gasteiger partial charge in [-0.05, 0) is 30.5 Å². The van der Waals surface area contributed by atoms with Gasteiger partial charge in [-0.2, -0.15) is 0 Å². The van der Waals surface area contributed by atoms with Crippen LogP contribution in [0.25, 0.3) is 0 Å². The molecule has 6 heteroatoms. The first-order valence-corrected chi connectivity index (χ1v) is 6.64. The molecule has 108 valence electrons. The van der Waals surface area contributed by atoms with E-state index in [1.807, 2.05) is 0 Å². The lowest BCUT2D eigenvalue weighted by Gasteiger charge is -2.11. The average molecular weight is 285 g/mol. The van der Waals surface area contributed by atoms with E-state index < -0.39 is 11.4 Å². The zero-order chi connectivity index (χ0) is 15.0. The van der Waals surface area contributed by atoms with Crippen LogP contribution >= 0.6 is 0 Å². The normalized spacial score (nSPS) is 15.5. The number of aromatic nitrogens is 2. The highest BCUT2D eigenvalue weighted by atomic mass is 16.4. The van der Waals surface area contributed by atoms with Gasteiger partial charge >= 0.3 is 5.97 Å². The molecule has 21 heavy (non-hydrogen) atoms. The number of nitrogens with one attached hydrogen (secondary N) is 1. The number of aliphatic carboxylic acids is 1. The fourth-order valence-electron chi connectivity index (χ4n) is 2.39. The van der Waals surface area contributed by atoms with Crippen molar-refractivity contribution in [2.75, 3.05) is 5.32 Å². The number of carbonyl (C=O) groups is 2. The number of benzene rings is 1. The average Bonchev–Trinajstić information content (AvgIpc) is 3.16. The summed E-state index contributed by atoms with van der Waals surface area (Å²) < 4.78 is 1.63. The molecule has 0 radical (unpaired) electrons. The number of hydrogen-bond donors (Lipinski definition) is 2. The molecule has 0 saturated heterocycles. The number of hydrogen-bond acceptors (Lipinski definition) is 3. The topological polar surface area (TPSA) is 84.2 Å². The van der Waals surface area contributed by atoms with Crippen molar-refractivity contribution < 1.29 is 14.7 Å². The Morgan fingerprint density at radius 3 is 2.43 bits per heavy atom. The Labute approximate surface area is 121 Å². The van der Waals surface area contributed by atoms with E-state index in [2.05, 4.69) is 10.3 Å². The molecule has 1 aliphatic rings. The van der Waals surface area contributed by atoms with Crippen LogP contribution in [0, 0.1) is 0 Å². The molecule has 1 aromatic heterocycles. The summed E-state index contributed by atoms with van der Waals surface area (Å²) in [5, 5.41) is 12.0. The molecule has 2 N–H and O–H groups in total. The third-order valence-electron chi connectivity index (χ3n) is 3.90. The molecule has 1 fully saturated rings. The Bertz CT molecular complexity index is 699. The van der Waals surface area contributed by atoms with Gasteiger partial charge in [0.25, 0.3) is 5.91 Å². The molecule has 0 bridgehead atoms. The second-order valence-corrected chi connectivity index (χ2v) is 5.31. The molecular weight excluding hydrogens is 270 g/mol. The highest BCUT2D eigenvalue weighted by Crippen LogP contribution is 2.48. The van der Waals surface area contributed by atoms with Crippen molar-refractivity contribution in [2.24, 2.45) is 7.05 Å². The van der Waals surface area contributed by atoms with Gasteiger partial charge in [-0.15, -0.1) is 0 Å². The molecule has 0 spiro atoms. The summed E-state index contributed by atoms with van der Waals surface area (Å²) in [5.41, 5.74) is 1.16. The summed E-state index contributed by atoms with van der Waals surface area (Å²) in [6.07, 6.45) is 4.39. The lowest BCUT2D eigenvalue weighted by atomic mass is 9.96. The minimum absolute atomic E-state index is 0.248. The SMILES string of the molecule is Cn1cncc1C(=O)Nc1ccc(C2(C(=O)O)CC2)cc1. The molecule has 3 rings (SSSR count). The van der Waals surface area contributed by atoms with E-state index in [0.29, 0.717) is 24.2 Å². The van der Waals surface area contributed by atoms with Crippen LogP contribution in [0.4, 0.5) is 5.69 Å². The summed E-state index contributed by atoms with van der Waals surface area (Å²) in [7, 11) is 1.74. The highest BCUT2D eigenvalue weighted by Gasteiger charge is 2.51. The van der Waals surface area contributed by atoms with Crippen LogP contribution in [0.3, 0.4) is 0 Å². The summed E-state index contributed by atoms with van der Waals surface area (Å²) in [4.78, 5) is 27.2. The molecule has 1 saturated carbocycles. The summed E-state index contributed by atoms with van der Waals surface area (Å²) in [5.74, 6) is -1.03. The van der Waals surface area contributed by atoms with Gasteiger partial charge in [0.15, 0.2) is 0 Å². The van der Waals surface area contributed by atoms with Gasteiger partial charge in [-0.25, -0.2) is 4.98 Å². The van der Waals surface area contributed by atoms with Gasteiger partial charge in [0.05, 0.1) is 17.9 Å². The monoisotopic (exact) mass is 285 g/mol. The van der Waals surface area contributed by atoms with E-state index in [0.717, 1.165) is 5.56 Å². The summed E-state index contributed by atoms with van der Waals surface area (Å²) in [6, 6.07) is 6.99. The van der Waals surface area contributed by atoms with Crippen molar-refractivity contribution in [1.29, 1.82) is 0 Å². The first-order valence-electron chi connectivity index (χ1n) is 6.64. The van der Waals surface area contributed by atoms with E-state index in [9.17, 15) is 14.7 Å². The fraction of sp³-hybridized carbons (Fsp3) is 0.267. The molecule has 1 aliphatic carbocycles. The van der Waals surface area contributed by atoms with Crippen LogP contribution in [0.2, 0.25) is 0 Å². The van der Waals surface area contributed by atoms with E-state index >= 15 is 0 Å². The smallest absolute Gasteiger partial charge is 0.314 e. The molecule has 2 aromatic rings. The van der Waals surface area contributed by atoms with Crippen LogP contribution in [0.15, 0.2) is 36.8 Å². The van der Waals surface area contributed by atoms with Crippen molar-refractivity contribution in [3.05, 3.63) is 48.0 Å². The maximum absolute atomic E-state index is 12.0. The Kier molecular flexibility index (Phi) is 3.01. The standard InChI is InChI=1S/C15H15N3O3/c1-18-9-16-8-12(18)13(19)17-11-4-2-10(3-5-11)15(6-7-15)14(20)21/h2-5,8-9H,6-7H2,1H3,(H,17,19)(H,20,21). The number of imidazole rings is 1. The van der Waals surface area contributed by atoms with Gasteiger partial charge in [0.2, 0.25) is 0 Å². The number of carbonyl (C=O) groups excluding carboxylic acids is 1. The summed E-state index contributed by atoms with van der Waals surface area (Å²) in [6.45, 7) is 0. The van der Waals surface area contributed by atoms with Crippen molar-refractivity contribution in [2.45, 2.75) is 18.3 Å². The number of amides is 1. The van der Waals surface area contributed by atoms with E-state index in [-0.39, 0.29) is 5.91 Å². The zero-order valence-corrected chi connectivity index (χ0v) is 11.5. The predicted octanol–water partition coefficient (Wildman–Crippen LogP) is 1.79. The van der Waals surface area contributed by atoms with E-state index in [4.69, 9.17) is 0 Å². The van der Waals surface area contributed by atoms with E-state index in [1.54, 1.807) is 42.2 Å². The molecular formula is C15H15N3O3. The van der Waals surface area contributed by atoms with Crippen molar-refractivity contribution >= 4 is 17.6 Å². The van der Waals surface area contributed by atoms with Crippen LogP contribution in [0.5, 0.6) is 0 Å². The number of carboxylic acid groups (broad SMARTS) is 1. The van der Waals surface area contributed by atoms with Gasteiger partial charge in [0.1, 0.15) is 5.69 Å². The Balaban J connectivity index is 1.75. The molecule has 0 unspecified atom stereocenters. The molecule has 1 aromatic carbocycles. The second kappa shape index (κ2) is 4.73. The van der Waals surface area contributed by atoms with E-state index in [1.165, 1.54) is 6.20 Å². The largest absolute Gasteiger partial charge is 0.481 e. The van der Waals surface area contributed by atoms with Gasteiger partial charge in [-0.3, -0.25) is 9.59 Å². The minimum Gasteiger partial charge on any atom is -0.481 e. The first-order chi connectivity index (χ1) is 10.0. The molecule has 6 nitrogen and oxygen atoms in total. The number of carboxylic acids is 1. The van der Waals surface area contributed by atoms with Gasteiger partial charge in [0, 0.05) is 12.7 Å². The lowest BCUT2D eigenvalue weighted by Crippen LogP contribution is -2.19. The molecule has 1 amide bonds. The van der Waals surface area contributed by atoms with Crippen LogP contribution < -0.4 is 5.32 Å². The molecule has 0 atom stereocenters. The van der Waals surface area contributed by atoms with Crippen LogP contribution in [-0.4, -0.2) is 26.5 Å². The second-order valence-electron chi connectivity index (χ2n) is 5.31. The number of aryl methyl sites for hydroxylation is 1. The van der Waals surface area contributed by atoms with Crippen molar-refractivity contribution in [1.82, 2.24) is 9.55 Å². The predicted molar refractivity (Wildman–Crippen MR) is 76.2 cm³/mol. The van der Waals surface area contributed by atoms with Crippen LogP contribution in [-0.2, 0) is 17.3 Å². The highest BCUT2D eigenvalue weighted by molar-refractivity contribution is 6.03. The summed E-state index contributed by atoms with van der Waals surface area (Å²) >= 11 is 0.